The van der Waals surface area contributed by atoms with Gasteiger partial charge in [0.1, 0.15) is 0 Å². The minimum absolute atomic E-state index is 0.450. The van der Waals surface area contributed by atoms with Crippen molar-refractivity contribution in [2.75, 3.05) is 59.4 Å². The van der Waals surface area contributed by atoms with E-state index in [1.165, 1.54) is 16.0 Å². The number of nitrogens with one attached hydrogen (secondary N) is 2. The summed E-state index contributed by atoms with van der Waals surface area (Å²) in [6.45, 7) is 9.14. The van der Waals surface area contributed by atoms with Crippen LogP contribution in [0.3, 0.4) is 0 Å². The quantitative estimate of drug-likeness (QED) is 0.411. The Kier molecular flexibility index (Phi) is 8.45. The van der Waals surface area contributed by atoms with Crippen molar-refractivity contribution in [1.29, 1.82) is 0 Å². The first-order valence-electron chi connectivity index (χ1n) is 10.2. The van der Waals surface area contributed by atoms with E-state index in [0.717, 1.165) is 65.0 Å². The van der Waals surface area contributed by atoms with E-state index in [2.05, 4.69) is 51.9 Å². The molecule has 2 N–H and O–H groups in total. The molecule has 2 aliphatic heterocycles. The van der Waals surface area contributed by atoms with Gasteiger partial charge in [0.05, 0.1) is 19.8 Å². The normalized spacial score (nSPS) is 22.2. The van der Waals surface area contributed by atoms with Crippen LogP contribution in [0, 0.1) is 12.8 Å². The summed E-state index contributed by atoms with van der Waals surface area (Å²) in [6, 6.07) is 7.06. The average Bonchev–Trinajstić information content (AvgIpc) is 3.26. The van der Waals surface area contributed by atoms with Crippen LogP contribution < -0.4 is 10.6 Å². The lowest BCUT2D eigenvalue weighted by molar-refractivity contribution is 0.00246. The number of morpholine rings is 1. The summed E-state index contributed by atoms with van der Waals surface area (Å²) in [5.74, 6) is 1.42. The zero-order valence-electron chi connectivity index (χ0n) is 17.4. The third-order valence-electron chi connectivity index (χ3n) is 5.61. The van der Waals surface area contributed by atoms with E-state index < -0.39 is 0 Å². The second kappa shape index (κ2) is 11.0. The van der Waals surface area contributed by atoms with Gasteiger partial charge in [0.25, 0.3) is 0 Å². The van der Waals surface area contributed by atoms with Crippen LogP contribution in [0.2, 0.25) is 0 Å². The molecule has 28 heavy (non-hydrogen) atoms. The van der Waals surface area contributed by atoms with Gasteiger partial charge in [0, 0.05) is 56.7 Å². The summed E-state index contributed by atoms with van der Waals surface area (Å²) in [5, 5.41) is 7.04. The number of aliphatic imine (C=N–C) groups is 1. The number of nitrogens with zero attached hydrogens (tertiary/aromatic N) is 2. The van der Waals surface area contributed by atoms with Crippen LogP contribution in [0.5, 0.6) is 0 Å². The molecule has 0 aliphatic carbocycles. The first-order chi connectivity index (χ1) is 13.7. The molecule has 0 saturated carbocycles. The Balaban J connectivity index is 1.56. The Morgan fingerprint density at radius 2 is 2.07 bits per heavy atom. The van der Waals surface area contributed by atoms with Crippen molar-refractivity contribution in [2.24, 2.45) is 10.9 Å². The van der Waals surface area contributed by atoms with E-state index in [1.807, 2.05) is 7.05 Å². The molecule has 6 nitrogen and oxygen atoms in total. The Hall–Kier alpha value is -1.28. The highest BCUT2D eigenvalue weighted by atomic mass is 32.2. The second-order valence-corrected chi connectivity index (χ2v) is 8.31. The lowest BCUT2D eigenvalue weighted by atomic mass is 9.97. The summed E-state index contributed by atoms with van der Waals surface area (Å²) in [7, 11) is 1.84. The number of hydrogen-bond acceptors (Lipinski definition) is 5. The van der Waals surface area contributed by atoms with E-state index in [1.54, 1.807) is 11.8 Å². The number of hydrogen-bond donors (Lipinski definition) is 2. The van der Waals surface area contributed by atoms with Crippen molar-refractivity contribution in [3.63, 3.8) is 0 Å². The largest absolute Gasteiger partial charge is 0.381 e. The van der Waals surface area contributed by atoms with Gasteiger partial charge < -0.3 is 20.1 Å². The van der Waals surface area contributed by atoms with Crippen LogP contribution in [-0.2, 0) is 16.0 Å². The number of guanidine groups is 1. The van der Waals surface area contributed by atoms with Crippen molar-refractivity contribution in [3.8, 4) is 0 Å². The maximum absolute atomic E-state index is 5.67. The highest BCUT2D eigenvalue weighted by Crippen LogP contribution is 2.23. The van der Waals surface area contributed by atoms with E-state index in [0.29, 0.717) is 12.0 Å². The molecule has 2 aliphatic rings. The van der Waals surface area contributed by atoms with E-state index in [9.17, 15) is 0 Å². The molecule has 3 rings (SSSR count). The second-order valence-electron chi connectivity index (χ2n) is 7.46. The predicted molar refractivity (Wildman–Crippen MR) is 116 cm³/mol. The third-order valence-corrected chi connectivity index (χ3v) is 6.43. The molecule has 2 heterocycles. The zero-order chi connectivity index (χ0) is 19.8. The maximum atomic E-state index is 5.67. The van der Waals surface area contributed by atoms with Gasteiger partial charge in [-0.1, -0.05) is 12.1 Å². The molecular formula is C21H34N4O2S. The number of benzene rings is 1. The molecule has 7 heteroatoms. The molecule has 0 aromatic heterocycles. The van der Waals surface area contributed by atoms with Crippen molar-refractivity contribution in [1.82, 2.24) is 15.5 Å². The van der Waals surface area contributed by atoms with E-state index >= 15 is 0 Å². The van der Waals surface area contributed by atoms with Gasteiger partial charge in [0.2, 0.25) is 0 Å². The number of rotatable bonds is 7. The lowest BCUT2D eigenvalue weighted by Crippen LogP contribution is -2.53. The number of aryl methyl sites for hydroxylation is 1. The van der Waals surface area contributed by atoms with Crippen LogP contribution in [0.1, 0.15) is 17.5 Å². The molecule has 2 atom stereocenters. The first kappa shape index (κ1) is 21.4. The fourth-order valence-electron chi connectivity index (χ4n) is 3.96. The minimum atomic E-state index is 0.450. The fourth-order valence-corrected chi connectivity index (χ4v) is 4.66. The third kappa shape index (κ3) is 5.86. The van der Waals surface area contributed by atoms with E-state index in [4.69, 9.17) is 9.47 Å². The van der Waals surface area contributed by atoms with Gasteiger partial charge in [-0.05, 0) is 36.8 Å². The summed E-state index contributed by atoms with van der Waals surface area (Å²) < 4.78 is 11.2. The Morgan fingerprint density at radius 3 is 2.75 bits per heavy atom. The van der Waals surface area contributed by atoms with Crippen LogP contribution in [-0.4, -0.2) is 76.3 Å². The Morgan fingerprint density at radius 1 is 1.25 bits per heavy atom. The highest BCUT2D eigenvalue weighted by Gasteiger charge is 2.31. The van der Waals surface area contributed by atoms with Crippen LogP contribution in [0.4, 0.5) is 0 Å². The zero-order valence-corrected chi connectivity index (χ0v) is 18.2. The van der Waals surface area contributed by atoms with Gasteiger partial charge in [-0.25, -0.2) is 0 Å². The molecule has 1 aromatic carbocycles. The fraction of sp³-hybridized carbons (Fsp3) is 0.667. The smallest absolute Gasteiger partial charge is 0.191 e. The molecular weight excluding hydrogens is 372 g/mol. The van der Waals surface area contributed by atoms with Crippen molar-refractivity contribution >= 4 is 17.7 Å². The van der Waals surface area contributed by atoms with Gasteiger partial charge in [-0.3, -0.25) is 9.89 Å². The summed E-state index contributed by atoms with van der Waals surface area (Å²) in [5.41, 5.74) is 2.60. The average molecular weight is 407 g/mol. The lowest BCUT2D eigenvalue weighted by Gasteiger charge is -2.37. The van der Waals surface area contributed by atoms with Gasteiger partial charge in [0.15, 0.2) is 5.96 Å². The summed E-state index contributed by atoms with van der Waals surface area (Å²) in [4.78, 5) is 8.30. The molecule has 2 fully saturated rings. The monoisotopic (exact) mass is 406 g/mol. The van der Waals surface area contributed by atoms with Crippen LogP contribution >= 0.6 is 11.8 Å². The van der Waals surface area contributed by atoms with Gasteiger partial charge in [-0.15, -0.1) is 11.8 Å². The van der Waals surface area contributed by atoms with Crippen LogP contribution in [0.25, 0.3) is 0 Å². The highest BCUT2D eigenvalue weighted by molar-refractivity contribution is 7.98. The molecule has 0 bridgehead atoms. The number of ether oxygens (including phenoxy) is 2. The SMILES string of the molecule is CN=C(NCc1ccc(C)cc1SC)NCC(C1CCOC1)N1CCOCC1. The molecule has 0 radical (unpaired) electrons. The molecule has 0 amide bonds. The van der Waals surface area contributed by atoms with Gasteiger partial charge in [-0.2, -0.15) is 0 Å². The van der Waals surface area contributed by atoms with Crippen LogP contribution in [0.15, 0.2) is 28.1 Å². The molecule has 1 aromatic rings. The van der Waals surface area contributed by atoms with Crippen molar-refractivity contribution in [3.05, 3.63) is 29.3 Å². The minimum Gasteiger partial charge on any atom is -0.381 e. The standard InChI is InChI=1S/C21H34N4O2S/c1-16-4-5-17(20(12-16)28-3)13-23-21(22-2)24-14-19(18-6-9-27-15-18)25-7-10-26-11-8-25/h4-5,12,18-19H,6-11,13-15H2,1-3H3,(H2,22,23,24). The molecule has 0 spiro atoms. The Bertz CT molecular complexity index is 643. The van der Waals surface area contributed by atoms with Gasteiger partial charge >= 0.3 is 0 Å². The summed E-state index contributed by atoms with van der Waals surface area (Å²) in [6.07, 6.45) is 3.26. The Labute approximate surface area is 173 Å². The maximum Gasteiger partial charge on any atom is 0.191 e. The predicted octanol–water partition coefficient (Wildman–Crippen LogP) is 2.12. The molecule has 2 saturated heterocycles. The van der Waals surface area contributed by atoms with Crippen molar-refractivity contribution in [2.45, 2.75) is 30.8 Å². The van der Waals surface area contributed by atoms with E-state index in [-0.39, 0.29) is 0 Å². The summed E-state index contributed by atoms with van der Waals surface area (Å²) >= 11 is 1.79. The first-order valence-corrected chi connectivity index (χ1v) is 11.4. The molecule has 156 valence electrons. The molecule has 2 unspecified atom stereocenters. The topological polar surface area (TPSA) is 58.1 Å². The number of thioether (sulfide) groups is 1. The van der Waals surface area contributed by atoms with Crippen molar-refractivity contribution < 1.29 is 9.47 Å².